The van der Waals surface area contributed by atoms with Crippen LogP contribution in [0.5, 0.6) is 11.5 Å². The molecule has 1 fully saturated rings. The molecule has 0 saturated heterocycles. The topological polar surface area (TPSA) is 78.3 Å². The van der Waals surface area contributed by atoms with Gasteiger partial charge in [0.15, 0.2) is 11.5 Å². The van der Waals surface area contributed by atoms with E-state index in [9.17, 15) is 4.79 Å². The fourth-order valence-electron chi connectivity index (χ4n) is 3.22. The van der Waals surface area contributed by atoms with E-state index in [0.717, 1.165) is 24.1 Å². The predicted octanol–water partition coefficient (Wildman–Crippen LogP) is 2.98. The summed E-state index contributed by atoms with van der Waals surface area (Å²) in [5.41, 5.74) is 2.12. The van der Waals surface area contributed by atoms with Crippen molar-refractivity contribution in [1.29, 1.82) is 0 Å². The van der Waals surface area contributed by atoms with Crippen LogP contribution in [0.25, 0.3) is 22.2 Å². The standard InChI is InChI=1S/C20H22N4O3/c1-24-11-21-15-10-14(12-7-8-16(26-2)17(9-12)27-3)23-19(18(15)20(24)25)22-13-5-4-6-13/h7-11,13H,4-6H2,1-3H3,(H,22,23). The minimum Gasteiger partial charge on any atom is -0.493 e. The highest BCUT2D eigenvalue weighted by Gasteiger charge is 2.21. The van der Waals surface area contributed by atoms with E-state index >= 15 is 0 Å². The van der Waals surface area contributed by atoms with Gasteiger partial charge in [0.05, 0.1) is 31.8 Å². The zero-order valence-electron chi connectivity index (χ0n) is 15.7. The SMILES string of the molecule is COc1ccc(-c2cc3ncn(C)c(=O)c3c(NC3CCC3)n2)cc1OC. The van der Waals surface area contributed by atoms with Crippen molar-refractivity contribution < 1.29 is 9.47 Å². The summed E-state index contributed by atoms with van der Waals surface area (Å²) in [5, 5.41) is 3.95. The molecule has 1 N–H and O–H groups in total. The summed E-state index contributed by atoms with van der Waals surface area (Å²) in [6, 6.07) is 7.83. The van der Waals surface area contributed by atoms with Gasteiger partial charge in [-0.3, -0.25) is 4.79 Å². The molecule has 7 heteroatoms. The average Bonchev–Trinajstić information content (AvgIpc) is 2.66. The summed E-state index contributed by atoms with van der Waals surface area (Å²) < 4.78 is 12.2. The third-order valence-corrected chi connectivity index (χ3v) is 5.03. The minimum absolute atomic E-state index is 0.104. The number of aryl methyl sites for hydroxylation is 1. The maximum atomic E-state index is 12.7. The highest BCUT2D eigenvalue weighted by molar-refractivity contribution is 5.91. The van der Waals surface area contributed by atoms with Crippen LogP contribution in [-0.2, 0) is 7.05 Å². The number of rotatable bonds is 5. The van der Waals surface area contributed by atoms with E-state index in [1.807, 2.05) is 24.3 Å². The van der Waals surface area contributed by atoms with Gasteiger partial charge in [0, 0.05) is 18.7 Å². The lowest BCUT2D eigenvalue weighted by Gasteiger charge is -2.27. The Hall–Kier alpha value is -3.09. The first-order valence-corrected chi connectivity index (χ1v) is 8.96. The molecule has 2 heterocycles. The van der Waals surface area contributed by atoms with Crippen molar-refractivity contribution in [2.45, 2.75) is 25.3 Å². The normalized spacial score (nSPS) is 14.0. The molecular weight excluding hydrogens is 344 g/mol. The highest BCUT2D eigenvalue weighted by Crippen LogP contribution is 2.34. The van der Waals surface area contributed by atoms with Gasteiger partial charge >= 0.3 is 0 Å². The maximum Gasteiger partial charge on any atom is 0.264 e. The van der Waals surface area contributed by atoms with Crippen LogP contribution >= 0.6 is 0 Å². The monoisotopic (exact) mass is 366 g/mol. The molecule has 1 aromatic carbocycles. The molecule has 140 valence electrons. The molecule has 3 aromatic rings. The Kier molecular flexibility index (Phi) is 4.43. The van der Waals surface area contributed by atoms with Crippen molar-refractivity contribution in [2.24, 2.45) is 7.05 Å². The van der Waals surface area contributed by atoms with Crippen molar-refractivity contribution >= 4 is 16.7 Å². The number of aromatic nitrogens is 3. The Balaban J connectivity index is 1.89. The number of fused-ring (bicyclic) bond motifs is 1. The van der Waals surface area contributed by atoms with Gasteiger partial charge in [0.1, 0.15) is 11.2 Å². The van der Waals surface area contributed by atoms with Crippen LogP contribution in [0, 0.1) is 0 Å². The van der Waals surface area contributed by atoms with Crippen LogP contribution in [0.3, 0.4) is 0 Å². The van der Waals surface area contributed by atoms with Gasteiger partial charge in [-0.2, -0.15) is 0 Å². The molecular formula is C20H22N4O3. The lowest BCUT2D eigenvalue weighted by molar-refractivity contribution is 0.355. The van der Waals surface area contributed by atoms with Crippen molar-refractivity contribution in [3.63, 3.8) is 0 Å². The molecule has 0 bridgehead atoms. The Morgan fingerprint density at radius 1 is 1.15 bits per heavy atom. The zero-order chi connectivity index (χ0) is 19.0. The maximum absolute atomic E-state index is 12.7. The van der Waals surface area contributed by atoms with Gasteiger partial charge in [-0.05, 0) is 43.5 Å². The van der Waals surface area contributed by atoms with Crippen LogP contribution in [0.15, 0.2) is 35.4 Å². The number of nitrogens with one attached hydrogen (secondary N) is 1. The molecule has 2 aromatic heterocycles. The van der Waals surface area contributed by atoms with E-state index in [-0.39, 0.29) is 5.56 Å². The Labute approximate surface area is 157 Å². The number of pyridine rings is 1. The van der Waals surface area contributed by atoms with Gasteiger partial charge < -0.3 is 19.4 Å². The summed E-state index contributed by atoms with van der Waals surface area (Å²) in [6.45, 7) is 0. The van der Waals surface area contributed by atoms with Crippen LogP contribution in [0.2, 0.25) is 0 Å². The summed E-state index contributed by atoms with van der Waals surface area (Å²) in [6.07, 6.45) is 4.91. The highest BCUT2D eigenvalue weighted by atomic mass is 16.5. The van der Waals surface area contributed by atoms with Crippen LogP contribution in [0.1, 0.15) is 19.3 Å². The summed E-state index contributed by atoms with van der Waals surface area (Å²) in [4.78, 5) is 21.9. The van der Waals surface area contributed by atoms with Gasteiger partial charge in [0.2, 0.25) is 0 Å². The van der Waals surface area contributed by atoms with Gasteiger partial charge in [0.25, 0.3) is 5.56 Å². The number of ether oxygens (including phenoxy) is 2. The molecule has 0 radical (unpaired) electrons. The van der Waals surface area contributed by atoms with E-state index < -0.39 is 0 Å². The average molecular weight is 366 g/mol. The minimum atomic E-state index is -0.104. The Morgan fingerprint density at radius 3 is 2.59 bits per heavy atom. The van der Waals surface area contributed by atoms with Gasteiger partial charge in [-0.25, -0.2) is 9.97 Å². The molecule has 1 aliphatic rings. The van der Waals surface area contributed by atoms with Gasteiger partial charge in [-0.15, -0.1) is 0 Å². The van der Waals surface area contributed by atoms with E-state index in [1.165, 1.54) is 17.3 Å². The number of methoxy groups -OCH3 is 2. The van der Waals surface area contributed by atoms with Crippen molar-refractivity contribution in [2.75, 3.05) is 19.5 Å². The van der Waals surface area contributed by atoms with Crippen LogP contribution < -0.4 is 20.3 Å². The first-order chi connectivity index (χ1) is 13.1. The smallest absolute Gasteiger partial charge is 0.264 e. The third kappa shape index (κ3) is 3.09. The van der Waals surface area contributed by atoms with Crippen molar-refractivity contribution in [1.82, 2.24) is 14.5 Å². The van der Waals surface area contributed by atoms with Crippen LogP contribution in [0.4, 0.5) is 5.82 Å². The molecule has 0 aliphatic heterocycles. The number of hydrogen-bond donors (Lipinski definition) is 1. The molecule has 0 spiro atoms. The third-order valence-electron chi connectivity index (χ3n) is 5.03. The zero-order valence-corrected chi connectivity index (χ0v) is 15.7. The van der Waals surface area contributed by atoms with Crippen molar-refractivity contribution in [3.8, 4) is 22.8 Å². The van der Waals surface area contributed by atoms with Gasteiger partial charge in [-0.1, -0.05) is 0 Å². The number of hydrogen-bond acceptors (Lipinski definition) is 6. The number of anilines is 1. The summed E-state index contributed by atoms with van der Waals surface area (Å²) in [5.74, 6) is 1.87. The molecule has 0 amide bonds. The lowest BCUT2D eigenvalue weighted by atomic mass is 9.93. The molecule has 1 saturated carbocycles. The molecule has 1 aliphatic carbocycles. The second-order valence-electron chi connectivity index (χ2n) is 6.75. The van der Waals surface area contributed by atoms with Crippen LogP contribution in [-0.4, -0.2) is 34.8 Å². The second-order valence-corrected chi connectivity index (χ2v) is 6.75. The predicted molar refractivity (Wildman–Crippen MR) is 105 cm³/mol. The largest absolute Gasteiger partial charge is 0.493 e. The number of benzene rings is 1. The fourth-order valence-corrected chi connectivity index (χ4v) is 3.22. The van der Waals surface area contributed by atoms with E-state index in [2.05, 4.69) is 10.3 Å². The quantitative estimate of drug-likeness (QED) is 0.748. The molecule has 27 heavy (non-hydrogen) atoms. The fraction of sp³-hybridized carbons (Fsp3) is 0.350. The number of nitrogens with zero attached hydrogens (tertiary/aromatic N) is 3. The molecule has 0 unspecified atom stereocenters. The molecule has 7 nitrogen and oxygen atoms in total. The summed E-state index contributed by atoms with van der Waals surface area (Å²) >= 11 is 0. The Morgan fingerprint density at radius 2 is 1.93 bits per heavy atom. The van der Waals surface area contributed by atoms with E-state index in [4.69, 9.17) is 14.5 Å². The second kappa shape index (κ2) is 6.90. The first-order valence-electron chi connectivity index (χ1n) is 8.96. The molecule has 0 atom stereocenters. The molecule has 4 rings (SSSR count). The first kappa shape index (κ1) is 17.3. The lowest BCUT2D eigenvalue weighted by Crippen LogP contribution is -2.29. The van der Waals surface area contributed by atoms with E-state index in [1.54, 1.807) is 21.3 Å². The Bertz CT molecular complexity index is 1060. The van der Waals surface area contributed by atoms with E-state index in [0.29, 0.717) is 34.3 Å². The van der Waals surface area contributed by atoms with Crippen molar-refractivity contribution in [3.05, 3.63) is 40.9 Å². The summed E-state index contributed by atoms with van der Waals surface area (Å²) in [7, 11) is 4.90.